The van der Waals surface area contributed by atoms with Crippen molar-refractivity contribution in [2.24, 2.45) is 0 Å². The zero-order valence-electron chi connectivity index (χ0n) is 29.2. The molecule has 0 saturated heterocycles. The minimum Gasteiger partial charge on any atom is -0.458 e. The molecule has 5 aromatic rings. The van der Waals surface area contributed by atoms with Gasteiger partial charge in [-0.3, -0.25) is 4.90 Å². The van der Waals surface area contributed by atoms with Crippen LogP contribution in [-0.2, 0) is 21.7 Å². The molecule has 0 unspecified atom stereocenters. The van der Waals surface area contributed by atoms with Gasteiger partial charge in [-0.05, 0) is 80.8 Å². The molecule has 4 heteroatoms. The topological polar surface area (TPSA) is 25.6 Å². The first-order valence-corrected chi connectivity index (χ1v) is 17.0. The molecule has 0 spiro atoms. The maximum absolute atomic E-state index is 7.20. The van der Waals surface area contributed by atoms with Crippen molar-refractivity contribution < 1.29 is 9.15 Å². The molecular formula is C42H46BNO2. The Kier molecular flexibility index (Phi) is 5.98. The number of para-hydroxylation sites is 2. The number of rotatable bonds is 1. The molecule has 3 nitrogen and oxygen atoms in total. The monoisotopic (exact) mass is 607 g/mol. The summed E-state index contributed by atoms with van der Waals surface area (Å²) >= 11 is 0. The van der Waals surface area contributed by atoms with E-state index >= 15 is 0 Å². The fraction of sp³-hybridized carbons (Fsp3) is 0.381. The van der Waals surface area contributed by atoms with Crippen molar-refractivity contribution in [2.45, 2.75) is 104 Å². The number of hydrogen-bond donors (Lipinski definition) is 0. The number of fused-ring (bicyclic) bond motifs is 8. The van der Waals surface area contributed by atoms with Gasteiger partial charge in [-0.1, -0.05) is 118 Å². The van der Waals surface area contributed by atoms with E-state index in [1.165, 1.54) is 49.7 Å². The molecule has 0 radical (unpaired) electrons. The van der Waals surface area contributed by atoms with Gasteiger partial charge in [0.1, 0.15) is 17.1 Å². The molecule has 1 aromatic heterocycles. The normalized spacial score (nSPS) is 17.6. The summed E-state index contributed by atoms with van der Waals surface area (Å²) < 4.78 is 14.3. The zero-order valence-corrected chi connectivity index (χ0v) is 29.2. The van der Waals surface area contributed by atoms with Crippen molar-refractivity contribution in [1.29, 1.82) is 0 Å². The van der Waals surface area contributed by atoms with Crippen LogP contribution in [-0.4, -0.2) is 6.71 Å². The minimum atomic E-state index is -0.0715. The summed E-state index contributed by atoms with van der Waals surface area (Å²) in [4.78, 5) is 2.40. The van der Waals surface area contributed by atoms with Gasteiger partial charge in [0.05, 0.1) is 0 Å². The lowest BCUT2D eigenvalue weighted by molar-refractivity contribution is 0.320. The zero-order chi connectivity index (χ0) is 32.6. The summed E-state index contributed by atoms with van der Waals surface area (Å²) in [7, 11) is 0. The lowest BCUT2D eigenvalue weighted by Gasteiger charge is -2.46. The first-order chi connectivity index (χ1) is 21.6. The van der Waals surface area contributed by atoms with Crippen molar-refractivity contribution in [1.82, 2.24) is 0 Å². The Bertz CT molecular complexity index is 2050. The molecule has 4 aromatic carbocycles. The van der Waals surface area contributed by atoms with Crippen LogP contribution in [0.5, 0.6) is 11.5 Å². The molecule has 8 rings (SSSR count). The fourth-order valence-corrected chi connectivity index (χ4v) is 8.34. The molecule has 2 aliphatic heterocycles. The number of hydrogen-bond acceptors (Lipinski definition) is 3. The van der Waals surface area contributed by atoms with Crippen LogP contribution in [0.25, 0.3) is 11.0 Å². The average molecular weight is 608 g/mol. The van der Waals surface area contributed by atoms with Crippen molar-refractivity contribution in [2.75, 3.05) is 4.90 Å². The standard InChI is InChI=1S/C42H46BNO2/c1-39(2,3)25-18-20-26(21-19-25)44-31-24-29-33(42(9,10)23-22-41(29,7)8)37-35(31)43(30-16-11-12-17-32(30)45-37)34-27-14-13-15-28(40(4,5)6)36(27)46-38(34)44/h11-21,24H,22-23H2,1-10H3. The Morgan fingerprint density at radius 3 is 2.13 bits per heavy atom. The largest absolute Gasteiger partial charge is 0.458 e. The van der Waals surface area contributed by atoms with Crippen molar-refractivity contribution >= 4 is 51.3 Å². The Hall–Kier alpha value is -3.92. The van der Waals surface area contributed by atoms with Gasteiger partial charge in [0, 0.05) is 33.4 Å². The smallest absolute Gasteiger partial charge is 0.261 e. The molecule has 1 aliphatic carbocycles. The van der Waals surface area contributed by atoms with Crippen molar-refractivity contribution in [3.8, 4) is 11.5 Å². The quantitative estimate of drug-likeness (QED) is 0.174. The third-order valence-electron chi connectivity index (χ3n) is 11.1. The molecule has 0 N–H and O–H groups in total. The third-order valence-corrected chi connectivity index (χ3v) is 11.1. The first kappa shape index (κ1) is 29.5. The van der Waals surface area contributed by atoms with Gasteiger partial charge < -0.3 is 9.15 Å². The van der Waals surface area contributed by atoms with Crippen LogP contribution in [0.3, 0.4) is 0 Å². The van der Waals surface area contributed by atoms with Crippen molar-refractivity contribution in [3.63, 3.8) is 0 Å². The minimum absolute atomic E-state index is 0.00217. The molecule has 234 valence electrons. The average Bonchev–Trinajstić information content (AvgIpc) is 3.37. The van der Waals surface area contributed by atoms with Crippen LogP contribution >= 0.6 is 0 Å². The maximum atomic E-state index is 7.20. The number of nitrogens with zero attached hydrogens (tertiary/aromatic N) is 1. The molecule has 46 heavy (non-hydrogen) atoms. The predicted octanol–water partition coefficient (Wildman–Crippen LogP) is 9.78. The van der Waals surface area contributed by atoms with E-state index in [4.69, 9.17) is 9.15 Å². The van der Waals surface area contributed by atoms with Gasteiger partial charge >= 0.3 is 0 Å². The van der Waals surface area contributed by atoms with Crippen LogP contribution < -0.4 is 26.0 Å². The van der Waals surface area contributed by atoms with E-state index in [9.17, 15) is 0 Å². The highest BCUT2D eigenvalue weighted by molar-refractivity contribution is 7.00. The molecule has 0 saturated carbocycles. The third kappa shape index (κ3) is 4.11. The summed E-state index contributed by atoms with van der Waals surface area (Å²) in [5.41, 5.74) is 12.3. The Labute approximate surface area is 275 Å². The molecule has 3 aliphatic rings. The lowest BCUT2D eigenvalue weighted by Crippen LogP contribution is -2.60. The highest BCUT2D eigenvalue weighted by Gasteiger charge is 2.50. The number of anilines is 3. The van der Waals surface area contributed by atoms with E-state index in [0.29, 0.717) is 0 Å². The second kappa shape index (κ2) is 9.34. The van der Waals surface area contributed by atoms with Gasteiger partial charge in [0.25, 0.3) is 6.71 Å². The number of benzene rings is 4. The molecular weight excluding hydrogens is 561 g/mol. The first-order valence-electron chi connectivity index (χ1n) is 17.0. The van der Waals surface area contributed by atoms with E-state index in [1.807, 2.05) is 0 Å². The molecule has 0 fully saturated rings. The van der Waals surface area contributed by atoms with Crippen molar-refractivity contribution in [3.05, 3.63) is 95.1 Å². The Morgan fingerprint density at radius 2 is 1.43 bits per heavy atom. The van der Waals surface area contributed by atoms with E-state index in [2.05, 4.69) is 147 Å². The summed E-state index contributed by atoms with van der Waals surface area (Å²) in [6, 6.07) is 27.0. The van der Waals surface area contributed by atoms with E-state index in [1.54, 1.807) is 0 Å². The SMILES string of the molecule is CC(C)(C)c1ccc(N2c3cc4c(c5c3B(c3ccccc3O5)c3c2oc2c(C(C)(C)C)cccc32)C(C)(C)CCC4(C)C)cc1. The van der Waals surface area contributed by atoms with Crippen LogP contribution in [0, 0.1) is 0 Å². The van der Waals surface area contributed by atoms with Crippen LogP contribution in [0.15, 0.2) is 77.2 Å². The Morgan fingerprint density at radius 1 is 0.739 bits per heavy atom. The van der Waals surface area contributed by atoms with Crippen LogP contribution in [0.4, 0.5) is 17.3 Å². The van der Waals surface area contributed by atoms with E-state index in [0.717, 1.165) is 41.5 Å². The van der Waals surface area contributed by atoms with Gasteiger partial charge in [0.15, 0.2) is 0 Å². The molecule has 0 atom stereocenters. The maximum Gasteiger partial charge on any atom is 0.261 e. The summed E-state index contributed by atoms with van der Waals surface area (Å²) in [6.45, 7) is 23.3. The second-order valence-corrected chi connectivity index (χ2v) is 17.3. The summed E-state index contributed by atoms with van der Waals surface area (Å²) in [6.07, 6.45) is 2.26. The highest BCUT2D eigenvalue weighted by Crippen LogP contribution is 2.54. The van der Waals surface area contributed by atoms with E-state index < -0.39 is 0 Å². The molecule has 0 bridgehead atoms. The highest BCUT2D eigenvalue weighted by atomic mass is 16.5. The van der Waals surface area contributed by atoms with Crippen LogP contribution in [0.2, 0.25) is 0 Å². The molecule has 3 heterocycles. The summed E-state index contributed by atoms with van der Waals surface area (Å²) in [5.74, 6) is 2.93. The Balaban J connectivity index is 1.53. The number of ether oxygens (including phenoxy) is 1. The van der Waals surface area contributed by atoms with Crippen LogP contribution in [0.1, 0.15) is 104 Å². The lowest BCUT2D eigenvalue weighted by atomic mass is 9.33. The van der Waals surface area contributed by atoms with Gasteiger partial charge in [0.2, 0.25) is 5.88 Å². The summed E-state index contributed by atoms with van der Waals surface area (Å²) in [5, 5.41) is 1.19. The van der Waals surface area contributed by atoms with Gasteiger partial charge in [-0.15, -0.1) is 0 Å². The predicted molar refractivity (Wildman–Crippen MR) is 195 cm³/mol. The molecule has 0 amide bonds. The second-order valence-electron chi connectivity index (χ2n) is 17.3. The number of furan rings is 1. The van der Waals surface area contributed by atoms with Gasteiger partial charge in [-0.2, -0.15) is 0 Å². The van der Waals surface area contributed by atoms with Gasteiger partial charge in [-0.25, -0.2) is 0 Å². The fourth-order valence-electron chi connectivity index (χ4n) is 8.34. The van der Waals surface area contributed by atoms with E-state index in [-0.39, 0.29) is 28.4 Å².